The number of halogens is 2. The van der Waals surface area contributed by atoms with Gasteiger partial charge in [0.25, 0.3) is 0 Å². The van der Waals surface area contributed by atoms with E-state index >= 15 is 0 Å². The van der Waals surface area contributed by atoms with E-state index in [1.165, 1.54) is 82.3 Å². The lowest BCUT2D eigenvalue weighted by molar-refractivity contribution is 0.290. The average molecular weight is 657 g/mol. The van der Waals surface area contributed by atoms with Gasteiger partial charge in [0.15, 0.2) is 11.6 Å². The maximum atomic E-state index is 14.1. The molecule has 0 saturated carbocycles. The number of aromatic amines is 2. The van der Waals surface area contributed by atoms with E-state index in [1.807, 2.05) is 24.5 Å². The Morgan fingerprint density at radius 3 is 1.54 bits per heavy atom. The van der Waals surface area contributed by atoms with Gasteiger partial charge in [-0.2, -0.15) is 0 Å². The van der Waals surface area contributed by atoms with Crippen LogP contribution in [0.1, 0.15) is 115 Å². The van der Waals surface area contributed by atoms with E-state index in [0.29, 0.717) is 30.5 Å². The van der Waals surface area contributed by atoms with Gasteiger partial charge in [-0.25, -0.2) is 4.39 Å². The van der Waals surface area contributed by atoms with Crippen molar-refractivity contribution in [1.29, 1.82) is 0 Å². The van der Waals surface area contributed by atoms with Gasteiger partial charge in [-0.1, -0.05) is 102 Å². The number of hydrogen-bond acceptors (Lipinski definition) is 4. The quantitative estimate of drug-likeness (QED) is 0.0632. The summed E-state index contributed by atoms with van der Waals surface area (Å²) in [6, 6.07) is 7.29. The van der Waals surface area contributed by atoms with Gasteiger partial charge in [0.1, 0.15) is 5.75 Å². The van der Waals surface area contributed by atoms with Crippen LogP contribution in [0, 0.1) is 5.82 Å². The van der Waals surface area contributed by atoms with E-state index in [0.717, 1.165) is 71.8 Å². The van der Waals surface area contributed by atoms with E-state index in [1.54, 1.807) is 6.07 Å². The third-order valence-electron chi connectivity index (χ3n) is 8.48. The van der Waals surface area contributed by atoms with Crippen molar-refractivity contribution in [2.75, 3.05) is 26.3 Å². The molecule has 4 rings (SSSR count). The van der Waals surface area contributed by atoms with Crippen LogP contribution in [0.25, 0.3) is 21.8 Å². The van der Waals surface area contributed by atoms with Crippen LogP contribution in [-0.2, 0) is 12.8 Å². The van der Waals surface area contributed by atoms with Crippen LogP contribution in [0.2, 0.25) is 5.02 Å². The highest BCUT2D eigenvalue weighted by Gasteiger charge is 2.11. The second-order valence-corrected chi connectivity index (χ2v) is 12.7. The minimum atomic E-state index is -0.304. The molecule has 256 valence electrons. The standard InChI is InChI=1S/C19H29ClN2O.C19H29FN2O/c2*1-2-3-4-5-6-7-8-11-23-19-12-16-15(9-10-21)14-22-18(16)13-17(19)20/h2*12-14,22H,2-11,21H2,1H3. The molecule has 46 heavy (non-hydrogen) atoms. The first-order chi connectivity index (χ1) is 22.5. The fourth-order valence-electron chi connectivity index (χ4n) is 5.79. The summed E-state index contributed by atoms with van der Waals surface area (Å²) in [5.74, 6) is 0.825. The number of nitrogens with one attached hydrogen (secondary N) is 2. The fraction of sp³-hybridized carbons (Fsp3) is 0.579. The van der Waals surface area contributed by atoms with E-state index in [4.69, 9.17) is 32.5 Å². The first kappa shape index (κ1) is 37.7. The van der Waals surface area contributed by atoms with E-state index in [9.17, 15) is 4.39 Å². The van der Waals surface area contributed by atoms with Crippen LogP contribution in [0.15, 0.2) is 36.7 Å². The van der Waals surface area contributed by atoms with Crippen LogP contribution < -0.4 is 20.9 Å². The van der Waals surface area contributed by atoms with Gasteiger partial charge >= 0.3 is 0 Å². The number of H-pyrrole nitrogens is 2. The second kappa shape index (κ2) is 21.9. The minimum Gasteiger partial charge on any atom is -0.492 e. The maximum absolute atomic E-state index is 14.1. The molecule has 2 aromatic carbocycles. The van der Waals surface area contributed by atoms with Crippen LogP contribution >= 0.6 is 11.6 Å². The van der Waals surface area contributed by atoms with Crippen molar-refractivity contribution >= 4 is 33.4 Å². The van der Waals surface area contributed by atoms with E-state index in [-0.39, 0.29) is 5.82 Å². The topological polar surface area (TPSA) is 102 Å². The van der Waals surface area contributed by atoms with Crippen molar-refractivity contribution in [2.45, 2.75) is 117 Å². The summed E-state index contributed by atoms with van der Waals surface area (Å²) in [5.41, 5.74) is 15.5. The summed E-state index contributed by atoms with van der Waals surface area (Å²) in [4.78, 5) is 6.34. The Morgan fingerprint density at radius 1 is 0.609 bits per heavy atom. The molecule has 8 heteroatoms. The number of ether oxygens (including phenoxy) is 2. The molecule has 0 bridgehead atoms. The first-order valence-electron chi connectivity index (χ1n) is 17.8. The average Bonchev–Trinajstić information content (AvgIpc) is 3.63. The van der Waals surface area contributed by atoms with Crippen molar-refractivity contribution in [3.8, 4) is 11.5 Å². The molecule has 0 aliphatic heterocycles. The van der Waals surface area contributed by atoms with Crippen LogP contribution in [0.4, 0.5) is 4.39 Å². The lowest BCUT2D eigenvalue weighted by Crippen LogP contribution is -2.02. The van der Waals surface area contributed by atoms with E-state index < -0.39 is 0 Å². The molecular weight excluding hydrogens is 599 g/mol. The fourth-order valence-corrected chi connectivity index (χ4v) is 6.01. The smallest absolute Gasteiger partial charge is 0.167 e. The molecule has 6 N–H and O–H groups in total. The molecule has 0 atom stereocenters. The molecule has 6 nitrogen and oxygen atoms in total. The van der Waals surface area contributed by atoms with Crippen LogP contribution in [0.5, 0.6) is 11.5 Å². The summed E-state index contributed by atoms with van der Waals surface area (Å²) < 4.78 is 25.6. The summed E-state index contributed by atoms with van der Waals surface area (Å²) in [6.07, 6.45) is 23.1. The number of benzene rings is 2. The van der Waals surface area contributed by atoms with Crippen LogP contribution in [-0.4, -0.2) is 36.3 Å². The van der Waals surface area contributed by atoms with Crippen LogP contribution in [0.3, 0.4) is 0 Å². The molecule has 2 aromatic heterocycles. The summed E-state index contributed by atoms with van der Waals surface area (Å²) in [5, 5.41) is 2.84. The zero-order chi connectivity index (χ0) is 33.0. The molecular formula is C38H58ClFN4O2. The Balaban J connectivity index is 0.000000250. The lowest BCUT2D eigenvalue weighted by Gasteiger charge is -2.09. The van der Waals surface area contributed by atoms with Crippen molar-refractivity contribution < 1.29 is 13.9 Å². The molecule has 0 radical (unpaired) electrons. The normalized spacial score (nSPS) is 11.3. The number of fused-ring (bicyclic) bond motifs is 2. The van der Waals surface area contributed by atoms with Crippen molar-refractivity contribution in [3.63, 3.8) is 0 Å². The number of aromatic nitrogens is 2. The van der Waals surface area contributed by atoms with Crippen molar-refractivity contribution in [1.82, 2.24) is 9.97 Å². The van der Waals surface area contributed by atoms with Gasteiger partial charge in [0.05, 0.1) is 18.2 Å². The third kappa shape index (κ3) is 12.5. The Kier molecular flexibility index (Phi) is 18.0. The molecule has 0 unspecified atom stereocenters. The zero-order valence-electron chi connectivity index (χ0n) is 28.3. The summed E-state index contributed by atoms with van der Waals surface area (Å²) in [7, 11) is 0. The molecule has 2 heterocycles. The monoisotopic (exact) mass is 656 g/mol. The largest absolute Gasteiger partial charge is 0.492 e. The molecule has 0 spiro atoms. The van der Waals surface area contributed by atoms with Gasteiger partial charge in [0, 0.05) is 40.3 Å². The highest BCUT2D eigenvalue weighted by atomic mass is 35.5. The number of nitrogens with two attached hydrogens (primary N) is 2. The third-order valence-corrected chi connectivity index (χ3v) is 8.77. The van der Waals surface area contributed by atoms with Crippen molar-refractivity contribution in [3.05, 3.63) is 58.6 Å². The van der Waals surface area contributed by atoms with Gasteiger partial charge in [-0.3, -0.25) is 0 Å². The Labute approximate surface area is 281 Å². The maximum Gasteiger partial charge on any atom is 0.167 e. The zero-order valence-corrected chi connectivity index (χ0v) is 29.1. The van der Waals surface area contributed by atoms with Gasteiger partial charge in [-0.15, -0.1) is 0 Å². The lowest BCUT2D eigenvalue weighted by atomic mass is 10.1. The van der Waals surface area contributed by atoms with Gasteiger partial charge < -0.3 is 30.9 Å². The van der Waals surface area contributed by atoms with E-state index in [2.05, 4.69) is 23.8 Å². The number of unbranched alkanes of at least 4 members (excludes halogenated alkanes) is 12. The Hall–Kier alpha value is -2.74. The SMILES string of the molecule is CCCCCCCCCOc1cc2c(CCN)c[nH]c2cc1Cl.CCCCCCCCCOc1cc2c(CCN)c[nH]c2cc1F. The Bertz CT molecular complexity index is 1300. The summed E-state index contributed by atoms with van der Waals surface area (Å²) >= 11 is 6.32. The highest BCUT2D eigenvalue weighted by Crippen LogP contribution is 2.32. The highest BCUT2D eigenvalue weighted by molar-refractivity contribution is 6.32. The molecule has 0 fully saturated rings. The molecule has 0 aliphatic carbocycles. The second-order valence-electron chi connectivity index (χ2n) is 12.3. The molecule has 0 amide bonds. The molecule has 0 saturated heterocycles. The Morgan fingerprint density at radius 2 is 1.04 bits per heavy atom. The van der Waals surface area contributed by atoms with Gasteiger partial charge in [0.2, 0.25) is 0 Å². The van der Waals surface area contributed by atoms with Crippen molar-refractivity contribution in [2.24, 2.45) is 11.5 Å². The van der Waals surface area contributed by atoms with Gasteiger partial charge in [-0.05, 0) is 68.1 Å². The molecule has 4 aromatic rings. The molecule has 0 aliphatic rings. The number of rotatable bonds is 22. The predicted octanol–water partition coefficient (Wildman–Crippen LogP) is 10.4. The minimum absolute atomic E-state index is 0.304. The summed E-state index contributed by atoms with van der Waals surface area (Å²) in [6.45, 7) is 7.01. The predicted molar refractivity (Wildman–Crippen MR) is 194 cm³/mol. The first-order valence-corrected chi connectivity index (χ1v) is 18.1. The number of hydrogen-bond donors (Lipinski definition) is 4.